The van der Waals surface area contributed by atoms with E-state index in [9.17, 15) is 4.79 Å². The van der Waals surface area contributed by atoms with E-state index < -0.39 is 12.1 Å². The zero-order chi connectivity index (χ0) is 9.14. The molecule has 0 aromatic heterocycles. The number of benzene rings is 1. The van der Waals surface area contributed by atoms with Crippen LogP contribution < -0.4 is 0 Å². The van der Waals surface area contributed by atoms with Crippen molar-refractivity contribution in [3.05, 3.63) is 24.3 Å². The molecule has 3 heteroatoms. The molecule has 0 heterocycles. The summed E-state index contributed by atoms with van der Waals surface area (Å²) in [4.78, 5) is 9.45. The maximum Gasteiger partial charge on any atom is 0.332 e. The van der Waals surface area contributed by atoms with Crippen LogP contribution in [0.3, 0.4) is 0 Å². The number of aliphatic hydroxyl groups excluding tert-OH is 1. The largest absolute Gasteiger partial charge is 0.479 e. The van der Waals surface area contributed by atoms with Gasteiger partial charge in [-0.3, -0.25) is 0 Å². The van der Waals surface area contributed by atoms with Crippen molar-refractivity contribution in [2.24, 2.45) is 0 Å². The van der Waals surface area contributed by atoms with E-state index in [0.717, 1.165) is 0 Å². The van der Waals surface area contributed by atoms with Crippen molar-refractivity contribution < 1.29 is 15.0 Å². The average Bonchev–Trinajstić information content (AvgIpc) is 2.60. The third kappa shape index (κ3) is 2.36. The zero-order valence-corrected chi connectivity index (χ0v) is 6.69. The first kappa shape index (κ1) is 8.74. The molecule has 0 aromatic carbocycles. The van der Waals surface area contributed by atoms with Crippen LogP contribution >= 0.6 is 0 Å². The fraction of sp³-hybridized carbons (Fsp3) is 0.222. The molecular formula is C9H10O3. The van der Waals surface area contributed by atoms with Crippen molar-refractivity contribution in [2.45, 2.75) is 13.0 Å². The Hall–Kier alpha value is -1.35. The Morgan fingerprint density at radius 3 is 1.92 bits per heavy atom. The summed E-state index contributed by atoms with van der Waals surface area (Å²) in [7, 11) is 0. The van der Waals surface area contributed by atoms with E-state index in [1.54, 1.807) is 0 Å². The van der Waals surface area contributed by atoms with E-state index in [1.807, 2.05) is 0 Å². The maximum atomic E-state index is 9.45. The second-order valence-corrected chi connectivity index (χ2v) is 2.60. The molecule has 2 aliphatic rings. The number of carbonyl (C=O) groups is 1. The normalized spacial score (nSPS) is 12.5. The maximum absolute atomic E-state index is 9.45. The summed E-state index contributed by atoms with van der Waals surface area (Å²) in [5.74, 6) is -1.19. The Morgan fingerprint density at radius 1 is 1.42 bits per heavy atom. The van der Waals surface area contributed by atoms with Crippen LogP contribution in [0.4, 0.5) is 0 Å². The molecule has 64 valence electrons. The highest BCUT2D eigenvalue weighted by atomic mass is 16.4. The number of carboxylic acids is 1. The van der Waals surface area contributed by atoms with Crippen molar-refractivity contribution in [2.75, 3.05) is 0 Å². The number of aliphatic hydroxyl groups is 1. The standard InChI is InChI=1S/C6H4.C3H6O3/c1-2-5-4-6(5)3-1;1-2(4)3(5)6/h1-4H;2,4H,1H3,(H,5,6). The lowest BCUT2D eigenvalue weighted by molar-refractivity contribution is -0.145. The quantitative estimate of drug-likeness (QED) is 0.667. The van der Waals surface area contributed by atoms with Gasteiger partial charge in [0.05, 0.1) is 0 Å². The van der Waals surface area contributed by atoms with Crippen LogP contribution in [0.2, 0.25) is 0 Å². The summed E-state index contributed by atoms with van der Waals surface area (Å²) < 4.78 is 0. The van der Waals surface area contributed by atoms with Crippen molar-refractivity contribution in [3.63, 3.8) is 0 Å². The van der Waals surface area contributed by atoms with Gasteiger partial charge in [-0.25, -0.2) is 4.79 Å². The number of hydrogen-bond donors (Lipinski definition) is 2. The Balaban J connectivity index is 0.000000120. The average molecular weight is 166 g/mol. The second-order valence-electron chi connectivity index (χ2n) is 2.60. The zero-order valence-electron chi connectivity index (χ0n) is 6.69. The minimum atomic E-state index is -1.23. The van der Waals surface area contributed by atoms with Crippen molar-refractivity contribution in [1.29, 1.82) is 0 Å². The van der Waals surface area contributed by atoms with Crippen molar-refractivity contribution >= 4 is 5.97 Å². The molecular weight excluding hydrogens is 156 g/mol. The van der Waals surface area contributed by atoms with Crippen LogP contribution in [0.15, 0.2) is 24.3 Å². The van der Waals surface area contributed by atoms with Gasteiger partial charge in [0.15, 0.2) is 0 Å². The third-order valence-corrected chi connectivity index (χ3v) is 1.47. The highest BCUT2D eigenvalue weighted by Crippen LogP contribution is 2.32. The second kappa shape index (κ2) is 3.36. The van der Waals surface area contributed by atoms with Gasteiger partial charge in [-0.1, -0.05) is 18.2 Å². The van der Waals surface area contributed by atoms with Gasteiger partial charge in [0.1, 0.15) is 6.10 Å². The Labute approximate surface area is 70.3 Å². The van der Waals surface area contributed by atoms with E-state index in [0.29, 0.717) is 0 Å². The van der Waals surface area contributed by atoms with Gasteiger partial charge < -0.3 is 10.2 Å². The van der Waals surface area contributed by atoms with Crippen LogP contribution in [0.1, 0.15) is 6.92 Å². The summed E-state index contributed by atoms with van der Waals surface area (Å²) in [6.07, 6.45) is -1.23. The first-order valence-corrected chi connectivity index (χ1v) is 3.62. The number of rotatable bonds is 1. The summed E-state index contributed by atoms with van der Waals surface area (Å²) >= 11 is 0. The lowest BCUT2D eigenvalue weighted by Gasteiger charge is -1.89. The molecule has 1 unspecified atom stereocenters. The van der Waals surface area contributed by atoms with E-state index in [1.165, 1.54) is 18.1 Å². The van der Waals surface area contributed by atoms with Gasteiger partial charge in [-0.05, 0) is 24.1 Å². The fourth-order valence-electron chi connectivity index (χ4n) is 0.676. The Bertz CT molecular complexity index is 274. The predicted molar refractivity (Wildman–Crippen MR) is 44.8 cm³/mol. The van der Waals surface area contributed by atoms with Gasteiger partial charge in [0, 0.05) is 0 Å². The predicted octanol–water partition coefficient (Wildman–Crippen LogP) is 1.12. The highest BCUT2D eigenvalue weighted by molar-refractivity contribution is 5.80. The first-order valence-electron chi connectivity index (χ1n) is 3.62. The minimum absolute atomic E-state index is 1.19. The molecule has 3 nitrogen and oxygen atoms in total. The van der Waals surface area contributed by atoms with Crippen LogP contribution in [-0.4, -0.2) is 22.3 Å². The lowest BCUT2D eigenvalue weighted by atomic mass is 10.4. The topological polar surface area (TPSA) is 57.5 Å². The third-order valence-electron chi connectivity index (χ3n) is 1.47. The Morgan fingerprint density at radius 2 is 1.83 bits per heavy atom. The fourth-order valence-corrected chi connectivity index (χ4v) is 0.676. The Kier molecular flexibility index (Phi) is 2.45. The molecule has 0 bridgehead atoms. The van der Waals surface area contributed by atoms with Gasteiger partial charge in [0.25, 0.3) is 0 Å². The van der Waals surface area contributed by atoms with E-state index in [2.05, 4.69) is 24.3 Å². The lowest BCUT2D eigenvalue weighted by Crippen LogP contribution is -2.13. The molecule has 0 radical (unpaired) electrons. The molecule has 2 N–H and O–H groups in total. The van der Waals surface area contributed by atoms with E-state index >= 15 is 0 Å². The van der Waals surface area contributed by atoms with Gasteiger partial charge in [0.2, 0.25) is 0 Å². The first-order chi connectivity index (χ1) is 5.61. The number of fused-ring (bicyclic) bond motifs is 1. The molecule has 0 fully saturated rings. The van der Waals surface area contributed by atoms with Gasteiger partial charge in [-0.15, -0.1) is 0 Å². The minimum Gasteiger partial charge on any atom is -0.479 e. The molecule has 2 rings (SSSR count). The molecule has 0 spiro atoms. The molecule has 1 atom stereocenters. The summed E-state index contributed by atoms with van der Waals surface area (Å²) in [5, 5.41) is 15.8. The van der Waals surface area contributed by atoms with Crippen molar-refractivity contribution in [1.82, 2.24) is 0 Å². The molecule has 0 saturated heterocycles. The van der Waals surface area contributed by atoms with Crippen LogP contribution in [0, 0.1) is 0 Å². The number of carboxylic acid groups (broad SMARTS) is 1. The molecule has 0 aliphatic heterocycles. The van der Waals surface area contributed by atoms with Gasteiger partial charge in [-0.2, -0.15) is 0 Å². The van der Waals surface area contributed by atoms with Crippen LogP contribution in [0.5, 0.6) is 0 Å². The summed E-state index contributed by atoms with van der Waals surface area (Å²) in [6, 6.07) is 8.48. The summed E-state index contributed by atoms with van der Waals surface area (Å²) in [6.45, 7) is 1.20. The number of hydrogen-bond acceptors (Lipinski definition) is 2. The van der Waals surface area contributed by atoms with Crippen LogP contribution in [-0.2, 0) is 4.79 Å². The van der Waals surface area contributed by atoms with E-state index in [-0.39, 0.29) is 0 Å². The van der Waals surface area contributed by atoms with Crippen LogP contribution in [0.25, 0.3) is 11.1 Å². The summed E-state index contributed by atoms with van der Waals surface area (Å²) in [5.41, 5.74) is 2.85. The molecule has 0 saturated carbocycles. The molecule has 2 aliphatic carbocycles. The number of aliphatic carboxylic acids is 1. The van der Waals surface area contributed by atoms with Crippen molar-refractivity contribution in [3.8, 4) is 11.1 Å². The van der Waals surface area contributed by atoms with E-state index in [4.69, 9.17) is 10.2 Å². The monoisotopic (exact) mass is 166 g/mol. The molecule has 12 heavy (non-hydrogen) atoms. The van der Waals surface area contributed by atoms with Gasteiger partial charge >= 0.3 is 5.97 Å². The SMILES string of the molecule is CC(O)C(=O)O.c1cc2cc-2c1. The molecule has 0 aromatic rings. The highest BCUT2D eigenvalue weighted by Gasteiger charge is 2.06. The molecule has 0 amide bonds. The smallest absolute Gasteiger partial charge is 0.332 e.